The van der Waals surface area contributed by atoms with Crippen molar-refractivity contribution in [1.82, 2.24) is 10.6 Å². The molecule has 0 aromatic rings. The van der Waals surface area contributed by atoms with Gasteiger partial charge in [-0.25, -0.2) is 0 Å². The highest BCUT2D eigenvalue weighted by Gasteiger charge is 2.28. The summed E-state index contributed by atoms with van der Waals surface area (Å²) in [6.45, 7) is 11.3. The van der Waals surface area contributed by atoms with Crippen LogP contribution in [0.25, 0.3) is 0 Å². The fourth-order valence-corrected chi connectivity index (χ4v) is 1.48. The number of rotatable bonds is 5. The second kappa shape index (κ2) is 6.73. The van der Waals surface area contributed by atoms with Crippen molar-refractivity contribution in [3.05, 3.63) is 0 Å². The Bertz CT molecular complexity index is 295. The minimum atomic E-state index is -0.476. The molecule has 0 aliphatic rings. The second-order valence-corrected chi connectivity index (χ2v) is 5.87. The number of carbonyl (C=O) groups excluding carboxylic acids is 2. The van der Waals surface area contributed by atoms with Crippen LogP contribution in [0.3, 0.4) is 0 Å². The predicted octanol–water partition coefficient (Wildman–Crippen LogP) is 1.08. The summed E-state index contributed by atoms with van der Waals surface area (Å²) in [5.41, 5.74) is -0.286. The summed E-state index contributed by atoms with van der Waals surface area (Å²) in [5.74, 6) is -0.417. The molecule has 18 heavy (non-hydrogen) atoms. The topological polar surface area (TPSA) is 67.4 Å². The Balaban J connectivity index is 4.56. The van der Waals surface area contributed by atoms with Gasteiger partial charge in [-0.15, -0.1) is 0 Å². The van der Waals surface area contributed by atoms with Crippen LogP contribution in [-0.4, -0.2) is 36.6 Å². The zero-order valence-electron chi connectivity index (χ0n) is 12.5. The van der Waals surface area contributed by atoms with Crippen LogP contribution < -0.4 is 10.6 Å². The van der Waals surface area contributed by atoms with Crippen molar-refractivity contribution in [2.24, 2.45) is 5.92 Å². The van der Waals surface area contributed by atoms with Gasteiger partial charge < -0.3 is 10.1 Å². The first kappa shape index (κ1) is 16.9. The number of carbonyl (C=O) groups is 2. The van der Waals surface area contributed by atoms with Crippen LogP contribution >= 0.6 is 0 Å². The van der Waals surface area contributed by atoms with Crippen LogP contribution in [0.5, 0.6) is 0 Å². The van der Waals surface area contributed by atoms with E-state index < -0.39 is 12.1 Å². The van der Waals surface area contributed by atoms with Crippen LogP contribution in [0.1, 0.15) is 41.5 Å². The van der Waals surface area contributed by atoms with Gasteiger partial charge in [-0.2, -0.15) is 0 Å². The van der Waals surface area contributed by atoms with Gasteiger partial charge in [0, 0.05) is 5.54 Å². The van der Waals surface area contributed by atoms with Gasteiger partial charge in [-0.1, -0.05) is 13.8 Å². The molecule has 0 heterocycles. The number of hydrogen-bond acceptors (Lipinski definition) is 4. The minimum Gasteiger partial charge on any atom is -0.468 e. The van der Waals surface area contributed by atoms with Crippen LogP contribution in [0.15, 0.2) is 0 Å². The number of ether oxygens (including phenoxy) is 1. The zero-order chi connectivity index (χ0) is 14.5. The summed E-state index contributed by atoms with van der Waals surface area (Å²) in [4.78, 5) is 23.5. The van der Waals surface area contributed by atoms with E-state index in [1.807, 2.05) is 34.6 Å². The third kappa shape index (κ3) is 6.00. The number of nitrogens with one attached hydrogen (secondary N) is 2. The lowest BCUT2D eigenvalue weighted by Crippen LogP contribution is -2.54. The largest absolute Gasteiger partial charge is 0.468 e. The number of amides is 1. The van der Waals surface area contributed by atoms with E-state index in [4.69, 9.17) is 4.74 Å². The van der Waals surface area contributed by atoms with Gasteiger partial charge in [0.2, 0.25) is 5.91 Å². The zero-order valence-corrected chi connectivity index (χ0v) is 12.5. The summed E-state index contributed by atoms with van der Waals surface area (Å²) in [6, 6.07) is -0.925. The molecule has 0 radical (unpaired) electrons. The molecule has 0 aliphatic carbocycles. The van der Waals surface area contributed by atoms with Crippen LogP contribution in [0, 0.1) is 5.92 Å². The van der Waals surface area contributed by atoms with E-state index in [0.717, 1.165) is 0 Å². The average molecular weight is 258 g/mol. The van der Waals surface area contributed by atoms with Gasteiger partial charge in [0.05, 0.1) is 13.2 Å². The Morgan fingerprint density at radius 2 is 1.61 bits per heavy atom. The Morgan fingerprint density at radius 1 is 1.11 bits per heavy atom. The van der Waals surface area contributed by atoms with Gasteiger partial charge in [0.25, 0.3) is 0 Å². The molecule has 1 amide bonds. The molecule has 5 nitrogen and oxygen atoms in total. The van der Waals surface area contributed by atoms with E-state index >= 15 is 0 Å². The molecule has 106 valence electrons. The molecule has 2 N–H and O–H groups in total. The first-order chi connectivity index (χ1) is 8.08. The summed E-state index contributed by atoms with van der Waals surface area (Å²) in [6.07, 6.45) is 0. The highest BCUT2D eigenvalue weighted by atomic mass is 16.5. The average Bonchev–Trinajstić information content (AvgIpc) is 2.21. The molecule has 0 aromatic carbocycles. The van der Waals surface area contributed by atoms with Gasteiger partial charge in [0.1, 0.15) is 6.04 Å². The van der Waals surface area contributed by atoms with Crippen molar-refractivity contribution in [3.63, 3.8) is 0 Å². The lowest BCUT2D eigenvalue weighted by Gasteiger charge is -2.27. The molecule has 0 aliphatic heterocycles. The van der Waals surface area contributed by atoms with E-state index in [-0.39, 0.29) is 23.3 Å². The van der Waals surface area contributed by atoms with Crippen LogP contribution in [-0.2, 0) is 14.3 Å². The standard InChI is InChI=1S/C13H26N2O3/c1-8(2)10(12(17)18-7)14-9(3)11(16)15-13(4,5)6/h8-10,14H,1-7H3,(H,15,16). The predicted molar refractivity (Wildman–Crippen MR) is 71.1 cm³/mol. The molecule has 0 fully saturated rings. The quantitative estimate of drug-likeness (QED) is 0.724. The van der Waals surface area contributed by atoms with Gasteiger partial charge >= 0.3 is 5.97 Å². The third-order valence-electron chi connectivity index (χ3n) is 2.44. The molecule has 2 atom stereocenters. The lowest BCUT2D eigenvalue weighted by molar-refractivity contribution is -0.144. The van der Waals surface area contributed by atoms with E-state index in [2.05, 4.69) is 10.6 Å². The fourth-order valence-electron chi connectivity index (χ4n) is 1.48. The summed E-state index contributed by atoms with van der Waals surface area (Å²) >= 11 is 0. The van der Waals surface area contributed by atoms with E-state index in [1.165, 1.54) is 7.11 Å². The Labute approximate surface area is 110 Å². The summed E-state index contributed by atoms with van der Waals surface area (Å²) < 4.78 is 4.72. The molecule has 0 spiro atoms. The third-order valence-corrected chi connectivity index (χ3v) is 2.44. The van der Waals surface area contributed by atoms with Crippen molar-refractivity contribution in [2.75, 3.05) is 7.11 Å². The maximum Gasteiger partial charge on any atom is 0.323 e. The Morgan fingerprint density at radius 3 is 1.94 bits per heavy atom. The van der Waals surface area contributed by atoms with E-state index in [0.29, 0.717) is 0 Å². The molecule has 0 saturated carbocycles. The SMILES string of the molecule is COC(=O)C(NC(C)C(=O)NC(C)(C)C)C(C)C. The molecule has 0 bridgehead atoms. The number of hydrogen-bond donors (Lipinski definition) is 2. The van der Waals surface area contributed by atoms with E-state index in [1.54, 1.807) is 6.92 Å². The van der Waals surface area contributed by atoms with Gasteiger partial charge in [-0.05, 0) is 33.6 Å². The second-order valence-electron chi connectivity index (χ2n) is 5.87. The molecule has 0 saturated heterocycles. The first-order valence-electron chi connectivity index (χ1n) is 6.24. The highest BCUT2D eigenvalue weighted by Crippen LogP contribution is 2.06. The molecule has 5 heteroatoms. The molecular weight excluding hydrogens is 232 g/mol. The summed E-state index contributed by atoms with van der Waals surface area (Å²) in [5, 5.41) is 5.87. The molecule has 0 rings (SSSR count). The molecule has 0 aromatic heterocycles. The smallest absolute Gasteiger partial charge is 0.323 e. The Kier molecular flexibility index (Phi) is 6.32. The maximum absolute atomic E-state index is 11.9. The monoisotopic (exact) mass is 258 g/mol. The van der Waals surface area contributed by atoms with Crippen molar-refractivity contribution in [1.29, 1.82) is 0 Å². The summed E-state index contributed by atoms with van der Waals surface area (Å²) in [7, 11) is 1.35. The normalized spacial score (nSPS) is 15.1. The number of methoxy groups -OCH3 is 1. The molecule has 2 unspecified atom stereocenters. The first-order valence-corrected chi connectivity index (χ1v) is 6.24. The van der Waals surface area contributed by atoms with Crippen LogP contribution in [0.2, 0.25) is 0 Å². The Hall–Kier alpha value is -1.10. The highest BCUT2D eigenvalue weighted by molar-refractivity contribution is 5.83. The van der Waals surface area contributed by atoms with Crippen molar-refractivity contribution in [2.45, 2.75) is 59.2 Å². The van der Waals surface area contributed by atoms with Crippen molar-refractivity contribution >= 4 is 11.9 Å². The maximum atomic E-state index is 11.9. The van der Waals surface area contributed by atoms with Gasteiger partial charge in [0.15, 0.2) is 0 Å². The van der Waals surface area contributed by atoms with Crippen molar-refractivity contribution < 1.29 is 14.3 Å². The lowest BCUT2D eigenvalue weighted by atomic mass is 10.0. The molecular formula is C13H26N2O3. The fraction of sp³-hybridized carbons (Fsp3) is 0.846. The van der Waals surface area contributed by atoms with Crippen LogP contribution in [0.4, 0.5) is 0 Å². The number of esters is 1. The van der Waals surface area contributed by atoms with Crippen molar-refractivity contribution in [3.8, 4) is 0 Å². The van der Waals surface area contributed by atoms with Gasteiger partial charge in [-0.3, -0.25) is 14.9 Å². The van der Waals surface area contributed by atoms with E-state index in [9.17, 15) is 9.59 Å². The minimum absolute atomic E-state index is 0.0577.